The van der Waals surface area contributed by atoms with E-state index in [0.717, 1.165) is 10.2 Å². The van der Waals surface area contributed by atoms with Crippen LogP contribution in [0.5, 0.6) is 5.75 Å². The van der Waals surface area contributed by atoms with Gasteiger partial charge in [0.1, 0.15) is 18.1 Å². The summed E-state index contributed by atoms with van der Waals surface area (Å²) in [6, 6.07) is 22.5. The van der Waals surface area contributed by atoms with Gasteiger partial charge in [0.2, 0.25) is 11.6 Å². The Morgan fingerprint density at radius 2 is 1.92 bits per heavy atom. The van der Waals surface area contributed by atoms with Crippen LogP contribution in [0.15, 0.2) is 88.6 Å². The summed E-state index contributed by atoms with van der Waals surface area (Å²) < 4.78 is 11.6. The van der Waals surface area contributed by atoms with Crippen LogP contribution in [0.2, 0.25) is 0 Å². The van der Waals surface area contributed by atoms with E-state index in [1.165, 1.54) is 24.4 Å². The van der Waals surface area contributed by atoms with Gasteiger partial charge in [0, 0.05) is 17.7 Å². The molecule has 0 aliphatic rings. The highest BCUT2D eigenvalue weighted by atomic mass is 16.6. The number of hydrogen-bond acceptors (Lipinski definition) is 11. The molecule has 1 amide bonds. The van der Waals surface area contributed by atoms with Crippen molar-refractivity contribution in [3.8, 4) is 22.8 Å². The molecule has 2 aromatic heterocycles. The Kier molecular flexibility index (Phi) is 6.98. The minimum Gasteiger partial charge on any atom is -0.489 e. The van der Waals surface area contributed by atoms with Crippen LogP contribution in [0.1, 0.15) is 21.6 Å². The standard InChI is InChI=1S/C25H19N9O5/c26-23-24(31-39-30-23)33-22(18-9-5-10-19(13-18)34(36)37)21(28-32-33)25(35)29-27-14-17-8-4-11-20(12-17)38-15-16-6-2-1-3-7-16/h1-14H,15H2,(H2,26,30)(H,29,35)/b27-14-. The molecule has 0 saturated heterocycles. The summed E-state index contributed by atoms with van der Waals surface area (Å²) in [5.41, 5.74) is 9.83. The van der Waals surface area contributed by atoms with E-state index in [2.05, 4.69) is 35.8 Å². The molecule has 194 valence electrons. The Bertz CT molecular complexity index is 1660. The number of nitrogens with zero attached hydrogens (tertiary/aromatic N) is 7. The van der Waals surface area contributed by atoms with Crippen LogP contribution >= 0.6 is 0 Å². The zero-order chi connectivity index (χ0) is 27.2. The van der Waals surface area contributed by atoms with Gasteiger partial charge in [-0.15, -0.1) is 5.10 Å². The number of hydrogen-bond donors (Lipinski definition) is 2. The molecule has 3 aromatic carbocycles. The number of carbonyl (C=O) groups excluding carboxylic acids is 1. The topological polar surface area (TPSA) is 189 Å². The molecule has 0 atom stereocenters. The molecule has 0 unspecified atom stereocenters. The monoisotopic (exact) mass is 525 g/mol. The minimum absolute atomic E-state index is 0.0427. The van der Waals surface area contributed by atoms with Crippen LogP contribution in [-0.4, -0.2) is 42.4 Å². The zero-order valence-electron chi connectivity index (χ0n) is 20.0. The smallest absolute Gasteiger partial charge is 0.294 e. The second kappa shape index (κ2) is 11.0. The van der Waals surface area contributed by atoms with E-state index in [1.54, 1.807) is 24.3 Å². The second-order valence-corrected chi connectivity index (χ2v) is 8.02. The fourth-order valence-corrected chi connectivity index (χ4v) is 3.59. The van der Waals surface area contributed by atoms with Crippen molar-refractivity contribution in [2.75, 3.05) is 5.73 Å². The summed E-state index contributed by atoms with van der Waals surface area (Å²) >= 11 is 0. The predicted molar refractivity (Wildman–Crippen MR) is 138 cm³/mol. The molecule has 0 saturated carbocycles. The van der Waals surface area contributed by atoms with E-state index in [-0.39, 0.29) is 34.3 Å². The normalized spacial score (nSPS) is 11.0. The summed E-state index contributed by atoms with van der Waals surface area (Å²) in [7, 11) is 0. The van der Waals surface area contributed by atoms with Crippen molar-refractivity contribution in [3.05, 3.63) is 106 Å². The second-order valence-electron chi connectivity index (χ2n) is 8.02. The highest BCUT2D eigenvalue weighted by Gasteiger charge is 2.26. The maximum Gasteiger partial charge on any atom is 0.294 e. The van der Waals surface area contributed by atoms with E-state index >= 15 is 0 Å². The number of carbonyl (C=O) groups is 1. The average molecular weight is 525 g/mol. The SMILES string of the molecule is Nc1nonc1-n1nnc(C(=O)N/N=C\c2cccc(OCc3ccccc3)c2)c1-c1cccc([N+](=O)[O-])c1. The molecule has 0 aliphatic heterocycles. The summed E-state index contributed by atoms with van der Waals surface area (Å²) in [6.07, 6.45) is 1.43. The van der Waals surface area contributed by atoms with Gasteiger partial charge >= 0.3 is 0 Å². The molecule has 0 bridgehead atoms. The van der Waals surface area contributed by atoms with Crippen molar-refractivity contribution in [2.45, 2.75) is 6.61 Å². The lowest BCUT2D eigenvalue weighted by Gasteiger charge is -2.07. The summed E-state index contributed by atoms with van der Waals surface area (Å²) in [5, 5.41) is 30.4. The largest absolute Gasteiger partial charge is 0.489 e. The number of nitrogens with one attached hydrogen (secondary N) is 1. The van der Waals surface area contributed by atoms with E-state index < -0.39 is 10.8 Å². The Morgan fingerprint density at radius 3 is 2.69 bits per heavy atom. The van der Waals surface area contributed by atoms with E-state index in [4.69, 9.17) is 10.5 Å². The number of benzene rings is 3. The van der Waals surface area contributed by atoms with Crippen molar-refractivity contribution in [2.24, 2.45) is 5.10 Å². The maximum atomic E-state index is 13.1. The van der Waals surface area contributed by atoms with Crippen LogP contribution in [0.3, 0.4) is 0 Å². The summed E-state index contributed by atoms with van der Waals surface area (Å²) in [6.45, 7) is 0.403. The van der Waals surface area contributed by atoms with Crippen LogP contribution in [0.4, 0.5) is 11.5 Å². The molecule has 0 radical (unpaired) electrons. The number of nitrogens with two attached hydrogens (primary N) is 1. The fraction of sp³-hybridized carbons (Fsp3) is 0.0400. The quantitative estimate of drug-likeness (QED) is 0.164. The summed E-state index contributed by atoms with van der Waals surface area (Å²) in [5.74, 6) is -0.265. The van der Waals surface area contributed by atoms with E-state index in [1.807, 2.05) is 36.4 Å². The number of nitrogen functional groups attached to an aromatic ring is 1. The molecular formula is C25H19N9O5. The molecule has 0 aliphatic carbocycles. The van der Waals surface area contributed by atoms with Gasteiger partial charge in [-0.3, -0.25) is 14.9 Å². The lowest BCUT2D eigenvalue weighted by molar-refractivity contribution is -0.384. The Hall–Kier alpha value is -5.92. The minimum atomic E-state index is -0.731. The number of anilines is 1. The highest BCUT2D eigenvalue weighted by Crippen LogP contribution is 2.29. The Labute approximate surface area is 219 Å². The molecule has 14 heteroatoms. The van der Waals surface area contributed by atoms with Gasteiger partial charge in [-0.1, -0.05) is 59.8 Å². The Morgan fingerprint density at radius 1 is 1.10 bits per heavy atom. The molecular weight excluding hydrogens is 506 g/mol. The van der Waals surface area contributed by atoms with Crippen molar-refractivity contribution >= 4 is 23.6 Å². The number of nitro groups is 1. The van der Waals surface area contributed by atoms with Gasteiger partial charge in [0.15, 0.2) is 5.69 Å². The number of non-ortho nitro benzene ring substituents is 1. The first kappa shape index (κ1) is 24.8. The number of nitro benzene ring substituents is 1. The molecule has 5 rings (SSSR count). The zero-order valence-corrected chi connectivity index (χ0v) is 20.0. The lowest BCUT2D eigenvalue weighted by atomic mass is 10.1. The number of aromatic nitrogens is 5. The van der Waals surface area contributed by atoms with Gasteiger partial charge in [0.05, 0.1) is 11.1 Å². The first-order chi connectivity index (χ1) is 19.0. The third-order valence-corrected chi connectivity index (χ3v) is 5.40. The van der Waals surface area contributed by atoms with Gasteiger partial charge in [-0.2, -0.15) is 9.78 Å². The maximum absolute atomic E-state index is 13.1. The van der Waals surface area contributed by atoms with Gasteiger partial charge in [-0.25, -0.2) is 10.1 Å². The number of hydrazone groups is 1. The van der Waals surface area contributed by atoms with E-state index in [9.17, 15) is 14.9 Å². The highest BCUT2D eigenvalue weighted by molar-refractivity contribution is 5.99. The number of ether oxygens (including phenoxy) is 1. The third kappa shape index (κ3) is 5.59. The number of amides is 1. The van der Waals surface area contributed by atoms with Gasteiger partial charge in [-0.05, 0) is 33.6 Å². The predicted octanol–water partition coefficient (Wildman–Crippen LogP) is 3.15. The van der Waals surface area contributed by atoms with Gasteiger partial charge in [0.25, 0.3) is 11.6 Å². The van der Waals surface area contributed by atoms with Crippen LogP contribution in [-0.2, 0) is 6.61 Å². The molecule has 3 N–H and O–H groups in total. The molecule has 2 heterocycles. The molecule has 14 nitrogen and oxygen atoms in total. The first-order valence-electron chi connectivity index (χ1n) is 11.4. The number of rotatable bonds is 9. The average Bonchev–Trinajstić information content (AvgIpc) is 3.59. The third-order valence-electron chi connectivity index (χ3n) is 5.40. The fourth-order valence-electron chi connectivity index (χ4n) is 3.59. The van der Waals surface area contributed by atoms with Crippen molar-refractivity contribution in [3.63, 3.8) is 0 Å². The molecule has 0 fully saturated rings. The first-order valence-corrected chi connectivity index (χ1v) is 11.4. The molecule has 0 spiro atoms. The van der Waals surface area contributed by atoms with Crippen LogP contribution < -0.4 is 15.9 Å². The molecule has 39 heavy (non-hydrogen) atoms. The van der Waals surface area contributed by atoms with Crippen molar-refractivity contribution in [1.82, 2.24) is 30.7 Å². The van der Waals surface area contributed by atoms with Crippen LogP contribution in [0, 0.1) is 10.1 Å². The lowest BCUT2D eigenvalue weighted by Crippen LogP contribution is -2.19. The van der Waals surface area contributed by atoms with Gasteiger partial charge < -0.3 is 10.5 Å². The van der Waals surface area contributed by atoms with Crippen LogP contribution in [0.25, 0.3) is 17.1 Å². The van der Waals surface area contributed by atoms with E-state index in [0.29, 0.717) is 17.9 Å². The summed E-state index contributed by atoms with van der Waals surface area (Å²) in [4.78, 5) is 23.8. The molecule has 5 aromatic rings. The van der Waals surface area contributed by atoms with Crippen molar-refractivity contribution in [1.29, 1.82) is 0 Å². The van der Waals surface area contributed by atoms with Crippen molar-refractivity contribution < 1.29 is 19.1 Å². The Balaban J connectivity index is 1.37.